The van der Waals surface area contributed by atoms with Gasteiger partial charge in [0.05, 0.1) is 0 Å². The summed E-state index contributed by atoms with van der Waals surface area (Å²) in [5.74, 6) is -0.264. The number of fused-ring (bicyclic) bond motifs is 1. The van der Waals surface area contributed by atoms with Crippen molar-refractivity contribution in [1.82, 2.24) is 0 Å². The monoisotopic (exact) mass is 300 g/mol. The topological polar surface area (TPSA) is 37.3 Å². The van der Waals surface area contributed by atoms with Crippen LogP contribution in [0, 0.1) is 0 Å². The molecule has 3 rings (SSSR count). The van der Waals surface area contributed by atoms with Crippen molar-refractivity contribution in [3.63, 3.8) is 0 Å². The number of benzene rings is 3. The molecule has 0 aromatic heterocycles. The Kier molecular flexibility index (Phi) is 4.07. The smallest absolute Gasteiger partial charge is 0.189 e. The van der Waals surface area contributed by atoms with E-state index in [2.05, 4.69) is 6.58 Å². The number of allylic oxidation sites excluding steroid dienone is 1. The Balaban J connectivity index is 1.89. The molecule has 0 radical (unpaired) electrons. The van der Waals surface area contributed by atoms with Crippen LogP contribution in [-0.4, -0.2) is 10.9 Å². The summed E-state index contributed by atoms with van der Waals surface area (Å²) in [6.45, 7) is 3.69. The van der Waals surface area contributed by atoms with Gasteiger partial charge in [-0.15, -0.1) is 0 Å². The molecule has 0 aliphatic carbocycles. The Hall–Kier alpha value is -3.13. The lowest BCUT2D eigenvalue weighted by Crippen LogP contribution is -1.96. The second-order valence-electron chi connectivity index (χ2n) is 5.28. The number of aliphatic hydroxyl groups is 1. The molecule has 0 amide bonds. The van der Waals surface area contributed by atoms with Crippen molar-refractivity contribution in [2.24, 2.45) is 0 Å². The van der Waals surface area contributed by atoms with Crippen LogP contribution in [0.5, 0.6) is 0 Å². The summed E-state index contributed by atoms with van der Waals surface area (Å²) in [4.78, 5) is 12.3. The van der Waals surface area contributed by atoms with Crippen molar-refractivity contribution < 1.29 is 9.90 Å². The molecule has 0 atom stereocenters. The fraction of sp³-hybridized carbons (Fsp3) is 0. The first-order valence-electron chi connectivity index (χ1n) is 7.34. The van der Waals surface area contributed by atoms with Crippen LogP contribution in [0.15, 0.2) is 79.4 Å². The van der Waals surface area contributed by atoms with Gasteiger partial charge in [-0.3, -0.25) is 4.79 Å². The number of hydrogen-bond acceptors (Lipinski definition) is 2. The van der Waals surface area contributed by atoms with Gasteiger partial charge in [0, 0.05) is 17.2 Å². The third-order valence-corrected chi connectivity index (χ3v) is 3.74. The van der Waals surface area contributed by atoms with Gasteiger partial charge in [0.2, 0.25) is 0 Å². The molecule has 0 spiro atoms. The fourth-order valence-electron chi connectivity index (χ4n) is 2.42. The lowest BCUT2D eigenvalue weighted by Gasteiger charge is -2.03. The summed E-state index contributed by atoms with van der Waals surface area (Å²) in [5, 5.41) is 12.2. The zero-order chi connectivity index (χ0) is 16.2. The zero-order valence-corrected chi connectivity index (χ0v) is 12.6. The van der Waals surface area contributed by atoms with Crippen molar-refractivity contribution in [2.45, 2.75) is 0 Å². The van der Waals surface area contributed by atoms with Crippen LogP contribution in [0.3, 0.4) is 0 Å². The summed E-state index contributed by atoms with van der Waals surface area (Å²) in [5.41, 5.74) is 2.12. The molecule has 1 N–H and O–H groups in total. The molecule has 0 aliphatic rings. The first-order valence-corrected chi connectivity index (χ1v) is 7.34. The van der Waals surface area contributed by atoms with Crippen LogP contribution in [0.1, 0.15) is 21.5 Å². The maximum Gasteiger partial charge on any atom is 0.189 e. The van der Waals surface area contributed by atoms with Crippen LogP contribution in [0.25, 0.3) is 22.6 Å². The minimum atomic E-state index is -0.221. The van der Waals surface area contributed by atoms with Gasteiger partial charge in [-0.1, -0.05) is 73.3 Å². The molecule has 0 aliphatic heterocycles. The quantitative estimate of drug-likeness (QED) is 0.405. The molecule has 2 nitrogen and oxygen atoms in total. The average molecular weight is 300 g/mol. The Morgan fingerprint density at radius 3 is 2.22 bits per heavy atom. The third-order valence-electron chi connectivity index (χ3n) is 3.74. The Bertz CT molecular complexity index is 903. The van der Waals surface area contributed by atoms with Gasteiger partial charge >= 0.3 is 0 Å². The maximum absolute atomic E-state index is 12.3. The Morgan fingerprint density at radius 2 is 1.52 bits per heavy atom. The fourth-order valence-corrected chi connectivity index (χ4v) is 2.42. The molecule has 0 bridgehead atoms. The molecule has 0 unspecified atom stereocenters. The molecule has 2 heteroatoms. The normalized spacial score (nSPS) is 11.4. The van der Waals surface area contributed by atoms with Crippen molar-refractivity contribution >= 4 is 28.4 Å². The maximum atomic E-state index is 12.3. The average Bonchev–Trinajstić information content (AvgIpc) is 2.61. The highest BCUT2D eigenvalue weighted by Crippen LogP contribution is 2.18. The molecule has 0 saturated heterocycles. The van der Waals surface area contributed by atoms with E-state index in [0.717, 1.165) is 16.3 Å². The van der Waals surface area contributed by atoms with Crippen molar-refractivity contribution in [3.8, 4) is 0 Å². The molecule has 23 heavy (non-hydrogen) atoms. The van der Waals surface area contributed by atoms with E-state index in [1.54, 1.807) is 24.3 Å². The molecule has 0 heterocycles. The summed E-state index contributed by atoms with van der Waals surface area (Å²) < 4.78 is 0. The third kappa shape index (κ3) is 3.22. The van der Waals surface area contributed by atoms with Gasteiger partial charge in [-0.25, -0.2) is 0 Å². The van der Waals surface area contributed by atoms with E-state index >= 15 is 0 Å². The molecule has 112 valence electrons. The van der Waals surface area contributed by atoms with Gasteiger partial charge in [-0.2, -0.15) is 0 Å². The summed E-state index contributed by atoms with van der Waals surface area (Å²) in [6.07, 6.45) is 2.98. The van der Waals surface area contributed by atoms with Gasteiger partial charge in [0.15, 0.2) is 5.78 Å². The van der Waals surface area contributed by atoms with Crippen LogP contribution in [0.2, 0.25) is 0 Å². The van der Waals surface area contributed by atoms with Gasteiger partial charge in [-0.05, 0) is 22.4 Å². The van der Waals surface area contributed by atoms with E-state index in [-0.39, 0.29) is 11.5 Å². The van der Waals surface area contributed by atoms with Crippen LogP contribution >= 0.6 is 0 Å². The molecule has 0 saturated carbocycles. The molecular formula is C21H16O2. The van der Waals surface area contributed by atoms with Crippen molar-refractivity contribution in [2.75, 3.05) is 0 Å². The van der Waals surface area contributed by atoms with E-state index in [0.29, 0.717) is 11.1 Å². The van der Waals surface area contributed by atoms with E-state index in [4.69, 9.17) is 0 Å². The highest BCUT2D eigenvalue weighted by atomic mass is 16.3. The number of hydrogen-bond donors (Lipinski definition) is 1. The van der Waals surface area contributed by atoms with E-state index in [1.807, 2.05) is 48.5 Å². The predicted molar refractivity (Wildman–Crippen MR) is 95.4 cm³/mol. The minimum absolute atomic E-state index is 0.0428. The number of carbonyl (C=O) groups is 1. The van der Waals surface area contributed by atoms with E-state index in [9.17, 15) is 9.90 Å². The van der Waals surface area contributed by atoms with Gasteiger partial charge < -0.3 is 5.11 Å². The molecule has 3 aromatic rings. The lowest BCUT2D eigenvalue weighted by molar-refractivity contribution is 0.104. The number of rotatable bonds is 4. The second-order valence-corrected chi connectivity index (χ2v) is 5.28. The largest absolute Gasteiger partial charge is 0.507 e. The molecule has 3 aromatic carbocycles. The predicted octanol–water partition coefficient (Wildman–Crippen LogP) is 5.26. The van der Waals surface area contributed by atoms with Crippen LogP contribution < -0.4 is 0 Å². The van der Waals surface area contributed by atoms with Crippen molar-refractivity contribution in [1.29, 1.82) is 0 Å². The summed E-state index contributed by atoms with van der Waals surface area (Å²) >= 11 is 0. The van der Waals surface area contributed by atoms with Crippen molar-refractivity contribution in [3.05, 3.63) is 96.1 Å². The second kappa shape index (κ2) is 6.32. The summed E-state index contributed by atoms with van der Waals surface area (Å²) in [6, 6.07) is 20.6. The standard InChI is InChI=1S/C21H16O2/c1-2-15-7-9-17(10-8-15)20(22)14-21(23)19-12-11-16-5-3-4-6-18(16)13-19/h2-14,22H,1H2. The molecule has 0 fully saturated rings. The van der Waals surface area contributed by atoms with Crippen LogP contribution in [-0.2, 0) is 0 Å². The van der Waals surface area contributed by atoms with Gasteiger partial charge in [0.1, 0.15) is 5.76 Å². The first kappa shape index (κ1) is 14.8. The van der Waals surface area contributed by atoms with Crippen LogP contribution in [0.4, 0.5) is 0 Å². The first-order chi connectivity index (χ1) is 11.2. The van der Waals surface area contributed by atoms with E-state index in [1.165, 1.54) is 6.08 Å². The van der Waals surface area contributed by atoms with Gasteiger partial charge in [0.25, 0.3) is 0 Å². The SMILES string of the molecule is C=Cc1ccc(C(O)=CC(=O)c2ccc3ccccc3c2)cc1. The highest BCUT2D eigenvalue weighted by molar-refractivity contribution is 6.09. The Labute approximate surface area is 135 Å². The Morgan fingerprint density at radius 1 is 0.870 bits per heavy atom. The lowest BCUT2D eigenvalue weighted by atomic mass is 10.0. The number of carbonyl (C=O) groups excluding carboxylic acids is 1. The molecular weight excluding hydrogens is 284 g/mol. The minimum Gasteiger partial charge on any atom is -0.507 e. The number of aliphatic hydroxyl groups excluding tert-OH is 1. The number of ketones is 1. The highest BCUT2D eigenvalue weighted by Gasteiger charge is 2.07. The summed E-state index contributed by atoms with van der Waals surface area (Å²) in [7, 11) is 0. The zero-order valence-electron chi connectivity index (χ0n) is 12.6. The van der Waals surface area contributed by atoms with E-state index < -0.39 is 0 Å².